The molecule has 0 bridgehead atoms. The van der Waals surface area contributed by atoms with Crippen LogP contribution in [-0.4, -0.2) is 142 Å². The normalized spacial score (nSPS) is 25.3. The van der Waals surface area contributed by atoms with Crippen molar-refractivity contribution in [3.63, 3.8) is 0 Å². The molecule has 0 amide bonds. The minimum Gasteiger partial charge on any atom is -0.462 e. The molecule has 0 aromatic rings. The molecule has 0 aromatic heterocycles. The van der Waals surface area contributed by atoms with E-state index in [0.717, 1.165) is 89.9 Å². The summed E-state index contributed by atoms with van der Waals surface area (Å²) in [6.07, 6.45) is 38.8. The van der Waals surface area contributed by atoms with Crippen molar-refractivity contribution in [3.8, 4) is 0 Å². The lowest BCUT2D eigenvalue weighted by atomic mass is 9.98. The van der Waals surface area contributed by atoms with Crippen LogP contribution in [0.1, 0.15) is 181 Å². The van der Waals surface area contributed by atoms with E-state index >= 15 is 0 Å². The SMILES string of the molecule is CC/C=C/C/C=C/C/C=C/C/C=C/C/C=C/CCCCCC(=O)OC[C@@H](CO[C@@H]1O[C@H](CO[C@@H]2O[C@H](CO)[C@H](O)C(O)C2O)[C@H](O)C(O)C1O)OC(=O)CCCCCCCCCCC/C=C/C/C=C/CCCCC. The smallest absolute Gasteiger partial charge is 0.306 e. The van der Waals surface area contributed by atoms with Crippen LogP contribution < -0.4 is 0 Å². The monoisotopic (exact) mass is 1050 g/mol. The van der Waals surface area contributed by atoms with Crippen LogP contribution >= 0.6 is 0 Å². The fourth-order valence-electron chi connectivity index (χ4n) is 8.27. The van der Waals surface area contributed by atoms with E-state index in [2.05, 4.69) is 98.9 Å². The zero-order chi connectivity index (χ0) is 53.9. The Morgan fingerprint density at radius 3 is 1.35 bits per heavy atom. The lowest BCUT2D eigenvalue weighted by Gasteiger charge is -2.42. The predicted molar refractivity (Wildman–Crippen MR) is 289 cm³/mol. The van der Waals surface area contributed by atoms with Gasteiger partial charge < -0.3 is 64.2 Å². The average molecular weight is 1050 g/mol. The van der Waals surface area contributed by atoms with E-state index in [1.807, 2.05) is 0 Å². The van der Waals surface area contributed by atoms with Crippen molar-refractivity contribution in [1.82, 2.24) is 0 Å². The highest BCUT2D eigenvalue weighted by atomic mass is 16.7. The molecule has 15 nitrogen and oxygen atoms in total. The van der Waals surface area contributed by atoms with Crippen LogP contribution in [0.3, 0.4) is 0 Å². The van der Waals surface area contributed by atoms with Crippen molar-refractivity contribution in [2.75, 3.05) is 26.4 Å². The second kappa shape index (κ2) is 44.8. The molecule has 424 valence electrons. The zero-order valence-electron chi connectivity index (χ0n) is 45.0. The highest BCUT2D eigenvalue weighted by Crippen LogP contribution is 2.26. The van der Waals surface area contributed by atoms with Crippen LogP contribution in [0.4, 0.5) is 0 Å². The Labute approximate surface area is 444 Å². The third-order valence-corrected chi connectivity index (χ3v) is 12.9. The van der Waals surface area contributed by atoms with Crippen LogP contribution in [0, 0.1) is 0 Å². The van der Waals surface area contributed by atoms with Gasteiger partial charge in [-0.25, -0.2) is 0 Å². The van der Waals surface area contributed by atoms with Crippen LogP contribution in [-0.2, 0) is 38.0 Å². The van der Waals surface area contributed by atoms with E-state index in [0.29, 0.717) is 12.8 Å². The Morgan fingerprint density at radius 1 is 0.446 bits per heavy atom. The summed E-state index contributed by atoms with van der Waals surface area (Å²) >= 11 is 0. The Morgan fingerprint density at radius 2 is 0.851 bits per heavy atom. The van der Waals surface area contributed by atoms with E-state index in [4.69, 9.17) is 28.4 Å². The van der Waals surface area contributed by atoms with Gasteiger partial charge in [0, 0.05) is 12.8 Å². The molecule has 11 atom stereocenters. The average Bonchev–Trinajstić information content (AvgIpc) is 3.39. The van der Waals surface area contributed by atoms with Gasteiger partial charge in [-0.1, -0.05) is 163 Å². The van der Waals surface area contributed by atoms with Gasteiger partial charge in [0.1, 0.15) is 55.4 Å². The minimum absolute atomic E-state index is 0.148. The maximum atomic E-state index is 13.1. The maximum Gasteiger partial charge on any atom is 0.306 e. The Kier molecular flexibility index (Phi) is 40.4. The van der Waals surface area contributed by atoms with Crippen molar-refractivity contribution in [1.29, 1.82) is 0 Å². The summed E-state index contributed by atoms with van der Waals surface area (Å²) in [6, 6.07) is 0. The number of rotatable bonds is 43. The van der Waals surface area contributed by atoms with Crippen molar-refractivity contribution < 1.29 is 73.8 Å². The van der Waals surface area contributed by atoms with Crippen LogP contribution in [0.2, 0.25) is 0 Å². The molecule has 2 saturated heterocycles. The highest BCUT2D eigenvalue weighted by molar-refractivity contribution is 5.70. The van der Waals surface area contributed by atoms with E-state index in [1.165, 1.54) is 51.4 Å². The first-order chi connectivity index (χ1) is 36.0. The highest BCUT2D eigenvalue weighted by Gasteiger charge is 2.47. The van der Waals surface area contributed by atoms with Gasteiger partial charge in [0.25, 0.3) is 0 Å². The summed E-state index contributed by atoms with van der Waals surface area (Å²) in [5.74, 6) is -0.972. The van der Waals surface area contributed by atoms with Gasteiger partial charge in [0.05, 0.1) is 19.8 Å². The molecule has 2 aliphatic rings. The van der Waals surface area contributed by atoms with Gasteiger partial charge in [0.2, 0.25) is 0 Å². The van der Waals surface area contributed by atoms with Crippen molar-refractivity contribution >= 4 is 11.9 Å². The molecule has 0 radical (unpaired) electrons. The van der Waals surface area contributed by atoms with Crippen LogP contribution in [0.5, 0.6) is 0 Å². The first-order valence-electron chi connectivity index (χ1n) is 28.2. The topological polar surface area (TPSA) is 231 Å². The second-order valence-electron chi connectivity index (χ2n) is 19.4. The Balaban J connectivity index is 1.79. The van der Waals surface area contributed by atoms with E-state index < -0.39 is 99.3 Å². The van der Waals surface area contributed by atoms with Gasteiger partial charge in [-0.15, -0.1) is 0 Å². The number of carbonyl (C=O) groups excluding carboxylic acids is 2. The number of allylic oxidation sites excluding steroid dienone is 14. The number of hydrogen-bond acceptors (Lipinski definition) is 15. The predicted octanol–water partition coefficient (Wildman–Crippen LogP) is 9.16. The van der Waals surface area contributed by atoms with E-state index in [-0.39, 0.29) is 19.4 Å². The lowest BCUT2D eigenvalue weighted by molar-refractivity contribution is -0.332. The fourth-order valence-corrected chi connectivity index (χ4v) is 8.27. The number of aliphatic hydroxyl groups excluding tert-OH is 7. The molecule has 0 spiro atoms. The van der Waals surface area contributed by atoms with Crippen molar-refractivity contribution in [2.24, 2.45) is 0 Å². The Hall–Kier alpha value is -3.32. The molecule has 15 heteroatoms. The van der Waals surface area contributed by atoms with Crippen LogP contribution in [0.25, 0.3) is 0 Å². The largest absolute Gasteiger partial charge is 0.462 e. The first-order valence-corrected chi connectivity index (χ1v) is 28.2. The minimum atomic E-state index is -1.78. The molecular formula is C59H98O15. The first kappa shape index (κ1) is 66.8. The molecule has 2 rings (SSSR count). The van der Waals surface area contributed by atoms with Crippen molar-refractivity contribution in [2.45, 2.75) is 248 Å². The van der Waals surface area contributed by atoms with Gasteiger partial charge in [-0.2, -0.15) is 0 Å². The summed E-state index contributed by atoms with van der Waals surface area (Å²) in [4.78, 5) is 25.9. The molecule has 0 saturated carbocycles. The van der Waals surface area contributed by atoms with Gasteiger partial charge in [-0.05, 0) is 89.9 Å². The maximum absolute atomic E-state index is 13.1. The number of esters is 2. The second-order valence-corrected chi connectivity index (χ2v) is 19.4. The molecule has 2 fully saturated rings. The van der Waals surface area contributed by atoms with Gasteiger partial charge in [0.15, 0.2) is 18.7 Å². The molecule has 74 heavy (non-hydrogen) atoms. The third kappa shape index (κ3) is 31.7. The lowest BCUT2D eigenvalue weighted by Crippen LogP contribution is -2.61. The molecular weight excluding hydrogens is 949 g/mol. The summed E-state index contributed by atoms with van der Waals surface area (Å²) in [5.41, 5.74) is 0. The van der Waals surface area contributed by atoms with Crippen molar-refractivity contribution in [3.05, 3.63) is 85.1 Å². The number of unbranched alkanes of at least 4 members (excludes halogenated alkanes) is 15. The molecule has 2 aliphatic heterocycles. The van der Waals surface area contributed by atoms with Crippen LogP contribution in [0.15, 0.2) is 85.1 Å². The number of hydrogen-bond donors (Lipinski definition) is 7. The number of ether oxygens (including phenoxy) is 6. The molecule has 0 aromatic carbocycles. The molecule has 4 unspecified atom stereocenters. The summed E-state index contributed by atoms with van der Waals surface area (Å²) in [7, 11) is 0. The number of carbonyl (C=O) groups is 2. The molecule has 0 aliphatic carbocycles. The summed E-state index contributed by atoms with van der Waals surface area (Å²) < 4.78 is 33.6. The summed E-state index contributed by atoms with van der Waals surface area (Å²) in [5, 5.41) is 72.3. The molecule has 2 heterocycles. The zero-order valence-corrected chi connectivity index (χ0v) is 45.0. The van der Waals surface area contributed by atoms with E-state index in [1.54, 1.807) is 0 Å². The Bertz CT molecular complexity index is 1610. The number of aliphatic hydroxyl groups is 7. The standard InChI is InChI=1S/C59H98O15/c1-3-5-7-9-11-13-15-17-19-21-23-25-27-29-31-33-35-37-39-41-50(61)69-44-47(72-51(62)42-40-38-36-34-32-30-28-26-24-22-20-18-16-14-12-10-8-6-4-2)45-70-58-57(68)55(66)53(64)49(74-58)46-71-59-56(67)54(65)52(63)48(43-60)73-59/h5,7,11-14,17-20,23,25,29,31,47-49,52-60,63-68H,3-4,6,8-10,15-16,21-22,24,26-28,30,32-46H2,1-2H3/b7-5+,13-11+,14-12+,19-17+,20-18+,25-23+,31-29+/t47-,48+,49+,52-,53-,54?,55?,56?,57?,58+,59+/m0/s1. The summed E-state index contributed by atoms with van der Waals surface area (Å²) in [6.45, 7) is 2.41. The van der Waals surface area contributed by atoms with Gasteiger partial charge in [-0.3, -0.25) is 9.59 Å². The third-order valence-electron chi connectivity index (χ3n) is 12.9. The fraction of sp³-hybridized carbons (Fsp3) is 0.729. The van der Waals surface area contributed by atoms with Gasteiger partial charge >= 0.3 is 11.9 Å². The van der Waals surface area contributed by atoms with E-state index in [9.17, 15) is 45.3 Å². The molecule has 7 N–H and O–H groups in total. The quantitative estimate of drug-likeness (QED) is 0.0172.